The molecule has 1 amide bonds. The number of carbonyl (C=O) groups is 1. The zero-order valence-corrected chi connectivity index (χ0v) is 16.4. The second-order valence-electron chi connectivity index (χ2n) is 7.15. The minimum Gasteiger partial charge on any atom is -0.335 e. The maximum atomic E-state index is 14.1. The summed E-state index contributed by atoms with van der Waals surface area (Å²) < 4.78 is 44.1. The van der Waals surface area contributed by atoms with Crippen molar-refractivity contribution in [3.05, 3.63) is 50.4 Å². The van der Waals surface area contributed by atoms with E-state index in [0.717, 1.165) is 9.58 Å². The fraction of sp³-hybridized carbons (Fsp3) is 0.500. The first kappa shape index (κ1) is 19.2. The molecule has 1 saturated heterocycles. The molecule has 0 saturated carbocycles. The molecule has 0 bridgehead atoms. The Morgan fingerprint density at radius 1 is 1.25 bits per heavy atom. The fourth-order valence-corrected chi connectivity index (χ4v) is 4.13. The van der Waals surface area contributed by atoms with Crippen molar-refractivity contribution in [1.82, 2.24) is 19.2 Å². The SMILES string of the molecule is O=C(C1CCCc2nn(Cc3ccc(Br)cc3F)c(=O)n21)N1CC(F)C(F)C1. The van der Waals surface area contributed by atoms with E-state index in [1.807, 2.05) is 0 Å². The lowest BCUT2D eigenvalue weighted by molar-refractivity contribution is -0.134. The van der Waals surface area contributed by atoms with Crippen molar-refractivity contribution in [3.8, 4) is 0 Å². The van der Waals surface area contributed by atoms with Crippen molar-refractivity contribution < 1.29 is 18.0 Å². The molecular weight excluding hydrogens is 441 g/mol. The number of hydrogen-bond donors (Lipinski definition) is 0. The topological polar surface area (TPSA) is 60.1 Å². The van der Waals surface area contributed by atoms with Crippen LogP contribution < -0.4 is 5.69 Å². The third-order valence-corrected chi connectivity index (χ3v) is 5.74. The maximum absolute atomic E-state index is 14.1. The van der Waals surface area contributed by atoms with Gasteiger partial charge < -0.3 is 4.90 Å². The summed E-state index contributed by atoms with van der Waals surface area (Å²) in [5.41, 5.74) is -0.230. The van der Waals surface area contributed by atoms with Gasteiger partial charge in [0.25, 0.3) is 0 Å². The summed E-state index contributed by atoms with van der Waals surface area (Å²) in [6.07, 6.45) is -1.87. The molecule has 4 rings (SSSR count). The zero-order chi connectivity index (χ0) is 20.0. The first-order valence-electron chi connectivity index (χ1n) is 9.04. The number of amides is 1. The highest BCUT2D eigenvalue weighted by Crippen LogP contribution is 2.27. The number of nitrogens with zero attached hydrogens (tertiary/aromatic N) is 4. The minimum atomic E-state index is -1.70. The second kappa shape index (κ2) is 7.38. The van der Waals surface area contributed by atoms with E-state index in [0.29, 0.717) is 35.1 Å². The van der Waals surface area contributed by atoms with Gasteiger partial charge in [-0.2, -0.15) is 5.10 Å². The van der Waals surface area contributed by atoms with Crippen molar-refractivity contribution >= 4 is 21.8 Å². The van der Waals surface area contributed by atoms with Gasteiger partial charge in [-0.05, 0) is 25.0 Å². The normalized spacial score (nSPS) is 24.4. The summed E-state index contributed by atoms with van der Waals surface area (Å²) in [6, 6.07) is 3.69. The van der Waals surface area contributed by atoms with Crippen LogP contribution in [-0.2, 0) is 17.8 Å². The molecule has 150 valence electrons. The highest BCUT2D eigenvalue weighted by Gasteiger charge is 2.40. The smallest absolute Gasteiger partial charge is 0.335 e. The fourth-order valence-electron chi connectivity index (χ4n) is 3.79. The lowest BCUT2D eigenvalue weighted by atomic mass is 10.0. The Balaban J connectivity index is 1.63. The summed E-state index contributed by atoms with van der Waals surface area (Å²) in [6.45, 7) is -0.681. The summed E-state index contributed by atoms with van der Waals surface area (Å²) in [5.74, 6) is -0.514. The number of aryl methyl sites for hydroxylation is 1. The predicted octanol–water partition coefficient (Wildman–Crippen LogP) is 2.39. The summed E-state index contributed by atoms with van der Waals surface area (Å²) in [5, 5.41) is 4.27. The summed E-state index contributed by atoms with van der Waals surface area (Å²) in [7, 11) is 0. The molecule has 10 heteroatoms. The Kier molecular flexibility index (Phi) is 5.07. The molecule has 1 aromatic carbocycles. The van der Waals surface area contributed by atoms with Crippen LogP contribution in [0.3, 0.4) is 0 Å². The molecule has 2 aliphatic rings. The van der Waals surface area contributed by atoms with E-state index >= 15 is 0 Å². The van der Waals surface area contributed by atoms with Gasteiger partial charge in [-0.3, -0.25) is 9.36 Å². The lowest BCUT2D eigenvalue weighted by Crippen LogP contribution is -2.42. The standard InChI is InChI=1S/C18H18BrF3N4O2/c19-11-5-4-10(12(20)6-11)7-25-18(28)26-15(2-1-3-16(26)23-25)17(27)24-8-13(21)14(22)9-24/h4-6,13-15H,1-3,7-9H2. The Morgan fingerprint density at radius 3 is 2.64 bits per heavy atom. The summed E-state index contributed by atoms with van der Waals surface area (Å²) >= 11 is 3.18. The van der Waals surface area contributed by atoms with Gasteiger partial charge >= 0.3 is 5.69 Å². The van der Waals surface area contributed by atoms with Crippen molar-refractivity contribution in [2.75, 3.05) is 13.1 Å². The molecule has 1 aromatic heterocycles. The number of fused-ring (bicyclic) bond motifs is 1. The Bertz CT molecular complexity index is 966. The minimum absolute atomic E-state index is 0.0678. The number of alkyl halides is 2. The second-order valence-corrected chi connectivity index (χ2v) is 8.06. The van der Waals surface area contributed by atoms with E-state index in [-0.39, 0.29) is 19.6 Å². The van der Waals surface area contributed by atoms with Crippen molar-refractivity contribution in [3.63, 3.8) is 0 Å². The number of rotatable bonds is 3. The Morgan fingerprint density at radius 2 is 1.96 bits per heavy atom. The number of likely N-dealkylation sites (tertiary alicyclic amines) is 1. The average Bonchev–Trinajstić information content (AvgIpc) is 3.16. The van der Waals surface area contributed by atoms with Crippen LogP contribution in [0.15, 0.2) is 27.5 Å². The highest BCUT2D eigenvalue weighted by molar-refractivity contribution is 9.10. The van der Waals surface area contributed by atoms with E-state index in [1.54, 1.807) is 12.1 Å². The van der Waals surface area contributed by atoms with Gasteiger partial charge in [-0.1, -0.05) is 22.0 Å². The molecule has 0 spiro atoms. The zero-order valence-electron chi connectivity index (χ0n) is 14.8. The lowest BCUT2D eigenvalue weighted by Gasteiger charge is -2.26. The first-order chi connectivity index (χ1) is 13.3. The van der Waals surface area contributed by atoms with Gasteiger partial charge in [-0.15, -0.1) is 0 Å². The van der Waals surface area contributed by atoms with Gasteiger partial charge in [-0.25, -0.2) is 22.6 Å². The molecule has 28 heavy (non-hydrogen) atoms. The molecule has 0 radical (unpaired) electrons. The predicted molar refractivity (Wildman–Crippen MR) is 98.0 cm³/mol. The molecule has 0 aliphatic carbocycles. The average molecular weight is 459 g/mol. The van der Waals surface area contributed by atoms with Crippen molar-refractivity contribution in [2.45, 2.75) is 44.2 Å². The van der Waals surface area contributed by atoms with E-state index in [4.69, 9.17) is 0 Å². The van der Waals surface area contributed by atoms with Crippen molar-refractivity contribution in [2.24, 2.45) is 0 Å². The molecule has 0 N–H and O–H groups in total. The van der Waals surface area contributed by atoms with Gasteiger partial charge in [0.15, 0.2) is 12.3 Å². The Labute approximate surface area is 167 Å². The molecule has 3 heterocycles. The quantitative estimate of drug-likeness (QED) is 0.709. The number of carbonyl (C=O) groups excluding carboxylic acids is 1. The number of aromatic nitrogens is 3. The van der Waals surface area contributed by atoms with E-state index in [9.17, 15) is 22.8 Å². The van der Waals surface area contributed by atoms with Gasteiger partial charge in [0, 0.05) is 16.5 Å². The maximum Gasteiger partial charge on any atom is 0.346 e. The van der Waals surface area contributed by atoms with Crippen LogP contribution in [0.5, 0.6) is 0 Å². The van der Waals surface area contributed by atoms with Gasteiger partial charge in [0.05, 0.1) is 19.6 Å². The van der Waals surface area contributed by atoms with Gasteiger partial charge in [0.1, 0.15) is 17.7 Å². The molecule has 3 unspecified atom stereocenters. The molecular formula is C18H18BrF3N4O2. The molecule has 6 nitrogen and oxygen atoms in total. The summed E-state index contributed by atoms with van der Waals surface area (Å²) in [4.78, 5) is 26.8. The molecule has 1 fully saturated rings. The number of halogens is 4. The van der Waals surface area contributed by atoms with Crippen LogP contribution >= 0.6 is 15.9 Å². The van der Waals surface area contributed by atoms with Gasteiger partial charge in [0.2, 0.25) is 5.91 Å². The van der Waals surface area contributed by atoms with E-state index in [1.165, 1.54) is 10.6 Å². The van der Waals surface area contributed by atoms with Crippen molar-refractivity contribution in [1.29, 1.82) is 0 Å². The van der Waals surface area contributed by atoms with Crippen LogP contribution in [0.1, 0.15) is 30.3 Å². The number of benzene rings is 1. The van der Waals surface area contributed by atoms with E-state index in [2.05, 4.69) is 21.0 Å². The van der Waals surface area contributed by atoms with Crippen LogP contribution in [0.25, 0.3) is 0 Å². The molecule has 2 aromatic rings. The third-order valence-electron chi connectivity index (χ3n) is 5.24. The monoisotopic (exact) mass is 458 g/mol. The largest absolute Gasteiger partial charge is 0.346 e. The third kappa shape index (κ3) is 3.38. The van der Waals surface area contributed by atoms with E-state index < -0.39 is 35.8 Å². The molecule has 3 atom stereocenters. The number of hydrogen-bond acceptors (Lipinski definition) is 3. The van der Waals surface area contributed by atoms with Crippen LogP contribution in [0.2, 0.25) is 0 Å². The van der Waals surface area contributed by atoms with Crippen LogP contribution in [0.4, 0.5) is 13.2 Å². The van der Waals surface area contributed by atoms with Crippen LogP contribution in [0, 0.1) is 5.82 Å². The Hall–Kier alpha value is -2.10. The highest BCUT2D eigenvalue weighted by atomic mass is 79.9. The first-order valence-corrected chi connectivity index (χ1v) is 9.83. The molecule has 2 aliphatic heterocycles. The van der Waals surface area contributed by atoms with Crippen LogP contribution in [-0.4, -0.2) is 50.6 Å².